The van der Waals surface area contributed by atoms with Gasteiger partial charge in [-0.05, 0) is 62.1 Å². The molecule has 1 N–H and O–H groups in total. The lowest BCUT2D eigenvalue weighted by Crippen LogP contribution is -2.42. The molecule has 1 aromatic heterocycles. The van der Waals surface area contributed by atoms with Crippen LogP contribution in [0.4, 0.5) is 5.13 Å². The summed E-state index contributed by atoms with van der Waals surface area (Å²) < 4.78 is 27.8. The predicted molar refractivity (Wildman–Crippen MR) is 115 cm³/mol. The lowest BCUT2D eigenvalue weighted by Gasteiger charge is -2.34. The molecule has 2 unspecified atom stereocenters. The van der Waals surface area contributed by atoms with Gasteiger partial charge in [0.25, 0.3) is 5.91 Å². The van der Waals surface area contributed by atoms with Crippen LogP contribution in [0.15, 0.2) is 29.2 Å². The van der Waals surface area contributed by atoms with Gasteiger partial charge in [-0.2, -0.15) is 4.31 Å². The van der Waals surface area contributed by atoms with E-state index in [1.807, 2.05) is 0 Å². The van der Waals surface area contributed by atoms with E-state index in [0.717, 1.165) is 37.8 Å². The molecule has 1 aliphatic carbocycles. The van der Waals surface area contributed by atoms with Gasteiger partial charge in [0.15, 0.2) is 5.13 Å². The second-order valence-electron chi connectivity index (χ2n) is 8.35. The fourth-order valence-corrected chi connectivity index (χ4v) is 7.09. The highest BCUT2D eigenvalue weighted by Gasteiger charge is 2.32. The Labute approximate surface area is 176 Å². The Morgan fingerprint density at radius 1 is 1.17 bits per heavy atom. The summed E-state index contributed by atoms with van der Waals surface area (Å²) in [5.41, 5.74) is 1.42. The third kappa shape index (κ3) is 4.39. The first-order valence-corrected chi connectivity index (χ1v) is 12.5. The van der Waals surface area contributed by atoms with Crippen molar-refractivity contribution in [1.82, 2.24) is 9.29 Å². The van der Waals surface area contributed by atoms with Crippen molar-refractivity contribution in [3.8, 4) is 0 Å². The highest BCUT2D eigenvalue weighted by molar-refractivity contribution is 7.89. The number of hydrogen-bond acceptors (Lipinski definition) is 5. The first kappa shape index (κ1) is 20.5. The van der Waals surface area contributed by atoms with E-state index in [1.165, 1.54) is 22.3 Å². The van der Waals surface area contributed by atoms with Crippen LogP contribution in [0.25, 0.3) is 0 Å². The summed E-state index contributed by atoms with van der Waals surface area (Å²) in [5.74, 6) is 0.334. The average Bonchev–Trinajstić information content (AvgIpc) is 3.09. The second kappa shape index (κ2) is 8.16. The Morgan fingerprint density at radius 2 is 1.90 bits per heavy atom. The van der Waals surface area contributed by atoms with Gasteiger partial charge in [-0.3, -0.25) is 10.1 Å². The van der Waals surface area contributed by atoms with E-state index >= 15 is 0 Å². The SMILES string of the molecule is CC1CC(C)CN(S(=O)(=O)c2cccc(C(=O)Nc3nc4c(s3)CCCC4)c2)C1. The maximum Gasteiger partial charge on any atom is 0.257 e. The van der Waals surface area contributed by atoms with E-state index in [1.54, 1.807) is 22.5 Å². The Morgan fingerprint density at radius 3 is 2.62 bits per heavy atom. The van der Waals surface area contributed by atoms with E-state index < -0.39 is 10.0 Å². The molecule has 1 aromatic carbocycles. The summed E-state index contributed by atoms with van der Waals surface area (Å²) in [4.78, 5) is 18.7. The van der Waals surface area contributed by atoms with Crippen LogP contribution < -0.4 is 5.32 Å². The van der Waals surface area contributed by atoms with Crippen LogP contribution in [0.5, 0.6) is 0 Å². The largest absolute Gasteiger partial charge is 0.298 e. The van der Waals surface area contributed by atoms with Crippen molar-refractivity contribution in [1.29, 1.82) is 0 Å². The molecule has 2 aliphatic rings. The number of hydrogen-bond donors (Lipinski definition) is 1. The zero-order valence-electron chi connectivity index (χ0n) is 16.8. The molecular formula is C21H27N3O3S2. The van der Waals surface area contributed by atoms with Crippen molar-refractivity contribution < 1.29 is 13.2 Å². The summed E-state index contributed by atoms with van der Waals surface area (Å²) in [6, 6.07) is 6.31. The molecule has 1 fully saturated rings. The highest BCUT2D eigenvalue weighted by Crippen LogP contribution is 2.30. The molecule has 4 rings (SSSR count). The minimum absolute atomic E-state index is 0.171. The number of fused-ring (bicyclic) bond motifs is 1. The van der Waals surface area contributed by atoms with Crippen LogP contribution in [0, 0.1) is 11.8 Å². The van der Waals surface area contributed by atoms with E-state index in [2.05, 4.69) is 24.1 Å². The lowest BCUT2D eigenvalue weighted by atomic mass is 9.94. The monoisotopic (exact) mass is 433 g/mol. The summed E-state index contributed by atoms with van der Waals surface area (Å²) in [6.45, 7) is 5.20. The maximum absolute atomic E-state index is 13.1. The van der Waals surface area contributed by atoms with E-state index in [-0.39, 0.29) is 10.8 Å². The number of aromatic nitrogens is 1. The third-order valence-electron chi connectivity index (χ3n) is 5.64. The number of carbonyl (C=O) groups excluding carboxylic acids is 1. The molecule has 156 valence electrons. The molecule has 0 spiro atoms. The van der Waals surface area contributed by atoms with Gasteiger partial charge in [0.2, 0.25) is 10.0 Å². The maximum atomic E-state index is 13.1. The fraction of sp³-hybridized carbons (Fsp3) is 0.524. The Kier molecular flexibility index (Phi) is 5.77. The summed E-state index contributed by atoms with van der Waals surface area (Å²) in [7, 11) is -3.62. The number of nitrogens with one attached hydrogen (secondary N) is 1. The molecule has 2 atom stereocenters. The normalized spacial score (nSPS) is 22.8. The van der Waals surface area contributed by atoms with Crippen molar-refractivity contribution in [2.24, 2.45) is 11.8 Å². The van der Waals surface area contributed by atoms with Crippen molar-refractivity contribution >= 4 is 32.4 Å². The number of thiazole rings is 1. The minimum atomic E-state index is -3.62. The number of amides is 1. The van der Waals surface area contributed by atoms with Crippen LogP contribution in [0.2, 0.25) is 0 Å². The van der Waals surface area contributed by atoms with Crippen LogP contribution in [-0.4, -0.2) is 36.7 Å². The summed E-state index contributed by atoms with van der Waals surface area (Å²) >= 11 is 1.52. The van der Waals surface area contributed by atoms with Gasteiger partial charge in [0.1, 0.15) is 0 Å². The van der Waals surface area contributed by atoms with E-state index in [4.69, 9.17) is 0 Å². The van der Waals surface area contributed by atoms with Crippen molar-refractivity contribution in [2.45, 2.75) is 50.8 Å². The van der Waals surface area contributed by atoms with Crippen molar-refractivity contribution in [3.63, 3.8) is 0 Å². The number of anilines is 1. The smallest absolute Gasteiger partial charge is 0.257 e. The molecule has 29 heavy (non-hydrogen) atoms. The molecule has 6 nitrogen and oxygen atoms in total. The van der Waals surface area contributed by atoms with Gasteiger partial charge in [0.05, 0.1) is 10.6 Å². The first-order valence-electron chi connectivity index (χ1n) is 10.2. The summed E-state index contributed by atoms with van der Waals surface area (Å²) in [5, 5.41) is 3.44. The molecule has 1 amide bonds. The molecule has 0 saturated carbocycles. The van der Waals surface area contributed by atoms with Crippen molar-refractivity contribution in [3.05, 3.63) is 40.4 Å². The topological polar surface area (TPSA) is 79.4 Å². The van der Waals surface area contributed by atoms with Crippen LogP contribution in [0.1, 0.15) is 54.0 Å². The van der Waals surface area contributed by atoms with Gasteiger partial charge in [-0.25, -0.2) is 13.4 Å². The standard InChI is InChI=1S/C21H27N3O3S2/c1-14-10-15(2)13-24(12-14)29(26,27)17-7-5-6-16(11-17)20(25)23-21-22-18-8-3-4-9-19(18)28-21/h5-7,11,14-15H,3-4,8-10,12-13H2,1-2H3,(H,22,23,25). The zero-order valence-corrected chi connectivity index (χ0v) is 18.5. The highest BCUT2D eigenvalue weighted by atomic mass is 32.2. The molecule has 2 aromatic rings. The summed E-state index contributed by atoms with van der Waals surface area (Å²) in [6.07, 6.45) is 5.31. The number of rotatable bonds is 4. The van der Waals surface area contributed by atoms with Gasteiger partial charge < -0.3 is 0 Å². The van der Waals surface area contributed by atoms with Crippen LogP contribution >= 0.6 is 11.3 Å². The average molecular weight is 434 g/mol. The Bertz CT molecular complexity index is 982. The molecular weight excluding hydrogens is 406 g/mol. The third-order valence-corrected chi connectivity index (χ3v) is 8.54. The quantitative estimate of drug-likeness (QED) is 0.792. The first-order chi connectivity index (χ1) is 13.8. The number of benzene rings is 1. The van der Waals surface area contributed by atoms with Crippen molar-refractivity contribution in [2.75, 3.05) is 18.4 Å². The van der Waals surface area contributed by atoms with Gasteiger partial charge in [-0.1, -0.05) is 19.9 Å². The number of carbonyl (C=O) groups is 1. The molecule has 1 aliphatic heterocycles. The van der Waals surface area contributed by atoms with Gasteiger partial charge in [-0.15, -0.1) is 11.3 Å². The molecule has 0 radical (unpaired) electrons. The van der Waals surface area contributed by atoms with Crippen LogP contribution in [-0.2, 0) is 22.9 Å². The van der Waals surface area contributed by atoms with Gasteiger partial charge >= 0.3 is 0 Å². The fourth-order valence-electron chi connectivity index (χ4n) is 4.32. The molecule has 2 heterocycles. The number of sulfonamides is 1. The minimum Gasteiger partial charge on any atom is -0.298 e. The van der Waals surface area contributed by atoms with Gasteiger partial charge in [0, 0.05) is 23.5 Å². The number of piperidine rings is 1. The molecule has 1 saturated heterocycles. The number of aryl methyl sites for hydroxylation is 2. The molecule has 8 heteroatoms. The number of nitrogens with zero attached hydrogens (tertiary/aromatic N) is 2. The zero-order chi connectivity index (χ0) is 20.6. The second-order valence-corrected chi connectivity index (χ2v) is 11.4. The molecule has 0 bridgehead atoms. The van der Waals surface area contributed by atoms with Crippen LogP contribution in [0.3, 0.4) is 0 Å². The predicted octanol–water partition coefficient (Wildman–Crippen LogP) is 3.94. The Balaban J connectivity index is 1.53. The lowest BCUT2D eigenvalue weighted by molar-refractivity contribution is 0.102. The van der Waals surface area contributed by atoms with E-state index in [9.17, 15) is 13.2 Å². The van der Waals surface area contributed by atoms with E-state index in [0.29, 0.717) is 35.6 Å². The Hall–Kier alpha value is -1.77.